The van der Waals surface area contributed by atoms with Crippen LogP contribution in [-0.2, 0) is 4.79 Å². The summed E-state index contributed by atoms with van der Waals surface area (Å²) in [6.07, 6.45) is 4.92. The van der Waals surface area contributed by atoms with Crippen LogP contribution in [0.3, 0.4) is 0 Å². The molecule has 2 aliphatic heterocycles. The number of nitrogens with zero attached hydrogens (tertiary/aromatic N) is 2. The first-order chi connectivity index (χ1) is 13.0. The Labute approximate surface area is 155 Å². The molecule has 1 spiro atoms. The zero-order valence-electron chi connectivity index (χ0n) is 14.6. The lowest BCUT2D eigenvalue weighted by Gasteiger charge is -2.39. The van der Waals surface area contributed by atoms with Gasteiger partial charge in [-0.3, -0.25) is 14.6 Å². The van der Waals surface area contributed by atoms with E-state index in [1.54, 1.807) is 29.4 Å². The Morgan fingerprint density at radius 2 is 1.96 bits per heavy atom. The molecule has 3 heterocycles. The first kappa shape index (κ1) is 17.6. The lowest BCUT2D eigenvalue weighted by atomic mass is 9.76. The maximum Gasteiger partial charge on any atom is 0.254 e. The van der Waals surface area contributed by atoms with Crippen LogP contribution in [0, 0.1) is 11.6 Å². The van der Waals surface area contributed by atoms with Crippen molar-refractivity contribution in [2.45, 2.75) is 30.7 Å². The van der Waals surface area contributed by atoms with Crippen molar-refractivity contribution in [1.82, 2.24) is 15.2 Å². The number of piperidine rings is 1. The Hall–Kier alpha value is -2.83. The van der Waals surface area contributed by atoms with E-state index in [4.69, 9.17) is 0 Å². The Balaban J connectivity index is 1.70. The fourth-order valence-electron chi connectivity index (χ4n) is 4.24. The molecular formula is C20H19F2N3O2. The number of pyridine rings is 1. The van der Waals surface area contributed by atoms with Crippen molar-refractivity contribution >= 4 is 11.8 Å². The van der Waals surface area contributed by atoms with E-state index in [1.807, 2.05) is 0 Å². The van der Waals surface area contributed by atoms with Gasteiger partial charge < -0.3 is 10.2 Å². The highest BCUT2D eigenvalue weighted by atomic mass is 19.2. The second kappa shape index (κ2) is 6.72. The molecule has 7 heteroatoms. The summed E-state index contributed by atoms with van der Waals surface area (Å²) < 4.78 is 27.2. The summed E-state index contributed by atoms with van der Waals surface area (Å²) in [7, 11) is 0. The highest BCUT2D eigenvalue weighted by Gasteiger charge is 2.50. The Bertz CT molecular complexity index is 890. The molecule has 2 atom stereocenters. The number of rotatable bonds is 2. The highest BCUT2D eigenvalue weighted by molar-refractivity contribution is 5.94. The third-order valence-electron chi connectivity index (χ3n) is 5.52. The van der Waals surface area contributed by atoms with E-state index in [-0.39, 0.29) is 17.7 Å². The zero-order valence-corrected chi connectivity index (χ0v) is 14.6. The molecule has 2 fully saturated rings. The first-order valence-electron chi connectivity index (χ1n) is 8.94. The molecule has 4 rings (SSSR count). The van der Waals surface area contributed by atoms with Crippen LogP contribution in [0.5, 0.6) is 0 Å². The van der Waals surface area contributed by atoms with Crippen LogP contribution in [0.15, 0.2) is 42.7 Å². The van der Waals surface area contributed by atoms with Crippen molar-refractivity contribution in [3.63, 3.8) is 0 Å². The van der Waals surface area contributed by atoms with Gasteiger partial charge in [0.1, 0.15) is 0 Å². The molecule has 0 saturated carbocycles. The van der Waals surface area contributed by atoms with Crippen LogP contribution in [-0.4, -0.2) is 40.3 Å². The van der Waals surface area contributed by atoms with Gasteiger partial charge in [0, 0.05) is 43.4 Å². The number of carbonyl (C=O) groups is 2. The fourth-order valence-corrected chi connectivity index (χ4v) is 4.24. The first-order valence-corrected chi connectivity index (χ1v) is 8.94. The van der Waals surface area contributed by atoms with E-state index in [1.165, 1.54) is 12.1 Å². The predicted molar refractivity (Wildman–Crippen MR) is 94.0 cm³/mol. The van der Waals surface area contributed by atoms with E-state index in [9.17, 15) is 18.4 Å². The topological polar surface area (TPSA) is 62.3 Å². The Morgan fingerprint density at radius 1 is 1.19 bits per heavy atom. The minimum atomic E-state index is -0.927. The minimum absolute atomic E-state index is 0.0768. The lowest BCUT2D eigenvalue weighted by Crippen LogP contribution is -2.56. The maximum atomic E-state index is 13.8. The number of likely N-dealkylation sites (tertiary alicyclic amines) is 1. The molecule has 1 aromatic carbocycles. The van der Waals surface area contributed by atoms with Crippen molar-refractivity contribution in [2.75, 3.05) is 13.1 Å². The van der Waals surface area contributed by atoms with Crippen LogP contribution >= 0.6 is 0 Å². The number of nitrogens with one attached hydrogen (secondary N) is 1. The van der Waals surface area contributed by atoms with Crippen LogP contribution in [0.1, 0.15) is 41.1 Å². The molecule has 2 amide bonds. The molecule has 2 saturated heterocycles. The monoisotopic (exact) mass is 371 g/mol. The van der Waals surface area contributed by atoms with E-state index < -0.39 is 17.2 Å². The van der Waals surface area contributed by atoms with E-state index >= 15 is 0 Å². The average Bonchev–Trinajstić information content (AvgIpc) is 3.02. The third kappa shape index (κ3) is 3.18. The predicted octanol–water partition coefficient (Wildman–Crippen LogP) is 2.64. The summed E-state index contributed by atoms with van der Waals surface area (Å²) in [6.45, 7) is 0.663. The van der Waals surface area contributed by atoms with Gasteiger partial charge in [-0.05, 0) is 42.7 Å². The van der Waals surface area contributed by atoms with Gasteiger partial charge in [-0.15, -0.1) is 0 Å². The fraction of sp³-hybridized carbons (Fsp3) is 0.350. The van der Waals surface area contributed by atoms with Gasteiger partial charge in [0.15, 0.2) is 11.6 Å². The zero-order chi connectivity index (χ0) is 19.0. The van der Waals surface area contributed by atoms with E-state index in [0.717, 1.165) is 6.07 Å². The van der Waals surface area contributed by atoms with E-state index in [2.05, 4.69) is 10.3 Å². The lowest BCUT2D eigenvalue weighted by molar-refractivity contribution is -0.125. The normalized spacial score (nSPS) is 24.9. The van der Waals surface area contributed by atoms with Gasteiger partial charge in [-0.1, -0.05) is 6.07 Å². The summed E-state index contributed by atoms with van der Waals surface area (Å²) in [4.78, 5) is 30.6. The second-order valence-electron chi connectivity index (χ2n) is 7.21. The molecule has 0 unspecified atom stereocenters. The second-order valence-corrected chi connectivity index (χ2v) is 7.21. The summed E-state index contributed by atoms with van der Waals surface area (Å²) in [6, 6.07) is 7.07. The highest BCUT2D eigenvalue weighted by Crippen LogP contribution is 2.42. The Kier molecular flexibility index (Phi) is 4.37. The number of hydrogen-bond donors (Lipinski definition) is 1. The van der Waals surface area contributed by atoms with Crippen LogP contribution < -0.4 is 5.32 Å². The third-order valence-corrected chi connectivity index (χ3v) is 5.52. The number of benzene rings is 1. The van der Waals surface area contributed by atoms with Gasteiger partial charge in [-0.2, -0.15) is 0 Å². The smallest absolute Gasteiger partial charge is 0.254 e. The molecule has 2 aliphatic rings. The number of hydrogen-bond acceptors (Lipinski definition) is 3. The molecule has 5 nitrogen and oxygen atoms in total. The van der Waals surface area contributed by atoms with Crippen LogP contribution in [0.2, 0.25) is 0 Å². The molecule has 0 radical (unpaired) electrons. The van der Waals surface area contributed by atoms with Gasteiger partial charge in [-0.25, -0.2) is 8.78 Å². The number of halogens is 2. The standard InChI is InChI=1S/C20H19F2N3O2/c21-16-4-3-14(10-17(16)22)15-11-25(19(27)13-5-8-23-9-6-13)12-20(15)7-1-2-18(26)24-20/h3-6,8-10,15H,1-2,7,11-12H2,(H,24,26)/t15-,20+/m0/s1. The molecular weight excluding hydrogens is 352 g/mol. The molecule has 0 aliphatic carbocycles. The van der Waals surface area contributed by atoms with Crippen molar-refractivity contribution in [3.8, 4) is 0 Å². The van der Waals surface area contributed by atoms with Gasteiger partial charge in [0.2, 0.25) is 5.91 Å². The number of aromatic nitrogens is 1. The average molecular weight is 371 g/mol. The number of amides is 2. The van der Waals surface area contributed by atoms with E-state index in [0.29, 0.717) is 43.5 Å². The van der Waals surface area contributed by atoms with Crippen LogP contribution in [0.25, 0.3) is 0 Å². The van der Waals surface area contributed by atoms with Crippen molar-refractivity contribution < 1.29 is 18.4 Å². The van der Waals surface area contributed by atoms with Crippen molar-refractivity contribution in [3.05, 3.63) is 65.5 Å². The molecule has 2 aromatic rings. The molecule has 27 heavy (non-hydrogen) atoms. The summed E-state index contributed by atoms with van der Waals surface area (Å²) in [5, 5.41) is 3.05. The molecule has 1 aromatic heterocycles. The van der Waals surface area contributed by atoms with Gasteiger partial charge in [0.05, 0.1) is 5.54 Å². The summed E-state index contributed by atoms with van der Waals surface area (Å²) >= 11 is 0. The van der Waals surface area contributed by atoms with Gasteiger partial charge >= 0.3 is 0 Å². The quantitative estimate of drug-likeness (QED) is 0.883. The SMILES string of the molecule is O=C1CCC[C@]2(CN(C(=O)c3ccncc3)C[C@H]2c2ccc(F)c(F)c2)N1. The molecule has 1 N–H and O–H groups in total. The minimum Gasteiger partial charge on any atom is -0.348 e. The maximum absolute atomic E-state index is 13.8. The molecule has 0 bridgehead atoms. The molecule has 140 valence electrons. The number of carbonyl (C=O) groups excluding carboxylic acids is 2. The summed E-state index contributed by atoms with van der Waals surface area (Å²) in [5.41, 5.74) is 0.428. The largest absolute Gasteiger partial charge is 0.348 e. The van der Waals surface area contributed by atoms with Crippen LogP contribution in [0.4, 0.5) is 8.78 Å². The van der Waals surface area contributed by atoms with Gasteiger partial charge in [0.25, 0.3) is 5.91 Å². The van der Waals surface area contributed by atoms with Crippen molar-refractivity contribution in [1.29, 1.82) is 0 Å². The van der Waals surface area contributed by atoms with Crippen molar-refractivity contribution in [2.24, 2.45) is 0 Å². The Morgan fingerprint density at radius 3 is 2.67 bits per heavy atom. The summed E-state index contributed by atoms with van der Waals surface area (Å²) in [5.74, 6) is -2.39.